The van der Waals surface area contributed by atoms with Gasteiger partial charge in [-0.05, 0) is 111 Å². The molecule has 0 aromatic heterocycles. The van der Waals surface area contributed by atoms with Gasteiger partial charge < -0.3 is 0 Å². The van der Waals surface area contributed by atoms with Crippen LogP contribution >= 0.6 is 0 Å². The molecule has 0 N–H and O–H groups in total. The van der Waals surface area contributed by atoms with Crippen LogP contribution in [-0.4, -0.2) is 5.78 Å². The van der Waals surface area contributed by atoms with E-state index in [0.29, 0.717) is 11.2 Å². The van der Waals surface area contributed by atoms with Crippen LogP contribution in [0, 0.1) is 64.1 Å². The van der Waals surface area contributed by atoms with Crippen LogP contribution in [-0.2, 0) is 4.79 Å². The predicted molar refractivity (Wildman–Crippen MR) is 79.3 cm³/mol. The summed E-state index contributed by atoms with van der Waals surface area (Å²) in [6.45, 7) is 1.93. The van der Waals surface area contributed by atoms with Crippen molar-refractivity contribution in [3.8, 4) is 0 Å². The molecule has 1 nitrogen and oxygen atoms in total. The van der Waals surface area contributed by atoms with Crippen molar-refractivity contribution in [2.75, 3.05) is 0 Å². The predicted octanol–water partition coefficient (Wildman–Crippen LogP) is 3.92. The number of hydrogen-bond acceptors (Lipinski definition) is 1. The Morgan fingerprint density at radius 1 is 0.810 bits per heavy atom. The zero-order valence-corrected chi connectivity index (χ0v) is 13.1. The Morgan fingerprint density at radius 3 is 2.05 bits per heavy atom. The van der Waals surface area contributed by atoms with E-state index in [9.17, 15) is 4.79 Å². The molecule has 10 aliphatic rings. The molecular weight excluding hydrogens is 256 g/mol. The van der Waals surface area contributed by atoms with E-state index in [-0.39, 0.29) is 5.41 Å². The third-order valence-electron chi connectivity index (χ3n) is 10.5. The maximum Gasteiger partial charge on any atom is 0.136 e. The van der Waals surface area contributed by atoms with Gasteiger partial charge in [-0.2, -0.15) is 0 Å². The molecule has 21 heavy (non-hydrogen) atoms. The normalized spacial score (nSPS) is 73.7. The van der Waals surface area contributed by atoms with Crippen molar-refractivity contribution in [2.45, 2.75) is 51.9 Å². The molecule has 0 saturated heterocycles. The molecule has 0 radical (unpaired) electrons. The lowest BCUT2D eigenvalue weighted by Crippen LogP contribution is -2.79. The van der Waals surface area contributed by atoms with E-state index in [1.807, 2.05) is 6.92 Å². The van der Waals surface area contributed by atoms with E-state index in [2.05, 4.69) is 0 Å². The quantitative estimate of drug-likeness (QED) is 0.712. The third kappa shape index (κ3) is 0.899. The molecule has 10 saturated carbocycles. The third-order valence-corrected chi connectivity index (χ3v) is 10.5. The van der Waals surface area contributed by atoms with Crippen LogP contribution in [0.1, 0.15) is 51.9 Å². The number of carbonyl (C=O) groups excluding carboxylic acids is 1. The first-order valence-electron chi connectivity index (χ1n) is 9.64. The van der Waals surface area contributed by atoms with Crippen LogP contribution in [0.5, 0.6) is 0 Å². The average Bonchev–Trinajstić information content (AvgIpc) is 2.44. The molecule has 112 valence electrons. The molecule has 0 heterocycles. The largest absolute Gasteiger partial charge is 0.299 e. The fraction of sp³-hybridized carbons (Fsp3) is 0.950. The van der Waals surface area contributed by atoms with E-state index >= 15 is 0 Å². The molecule has 0 amide bonds. The van der Waals surface area contributed by atoms with Crippen molar-refractivity contribution in [3.05, 3.63) is 0 Å². The van der Waals surface area contributed by atoms with Crippen LogP contribution in [0.25, 0.3) is 0 Å². The molecule has 10 aliphatic carbocycles. The lowest BCUT2D eigenvalue weighted by atomic mass is 9.20. The number of Topliss-reactive ketones (excluding diaryl/α,β-unsaturated/α-hetero) is 1. The van der Waals surface area contributed by atoms with Gasteiger partial charge in [-0.1, -0.05) is 0 Å². The summed E-state index contributed by atoms with van der Waals surface area (Å²) in [5.74, 6) is 10.1. The van der Waals surface area contributed by atoms with E-state index in [0.717, 1.165) is 53.3 Å². The minimum Gasteiger partial charge on any atom is -0.299 e. The summed E-state index contributed by atoms with van der Waals surface area (Å²) in [7, 11) is 0. The van der Waals surface area contributed by atoms with Crippen molar-refractivity contribution in [1.82, 2.24) is 0 Å². The fourth-order valence-corrected chi connectivity index (χ4v) is 10.8. The molecule has 1 spiro atoms. The minimum absolute atomic E-state index is 0.150. The van der Waals surface area contributed by atoms with Gasteiger partial charge in [0.05, 0.1) is 0 Å². The van der Waals surface area contributed by atoms with Crippen LogP contribution < -0.4 is 0 Å². The second-order valence-electron chi connectivity index (χ2n) is 10.5. The average molecular weight is 282 g/mol. The molecule has 10 fully saturated rings. The van der Waals surface area contributed by atoms with Gasteiger partial charge in [0, 0.05) is 5.41 Å². The highest BCUT2D eigenvalue weighted by atomic mass is 16.1. The summed E-state index contributed by atoms with van der Waals surface area (Å²) in [6, 6.07) is 0. The highest BCUT2D eigenvalue weighted by molar-refractivity contribution is 5.83. The minimum atomic E-state index is 0.150. The Morgan fingerprint density at radius 2 is 1.43 bits per heavy atom. The Balaban J connectivity index is 1.51. The van der Waals surface area contributed by atoms with Crippen LogP contribution in [0.2, 0.25) is 0 Å². The van der Waals surface area contributed by atoms with E-state index in [1.165, 1.54) is 25.7 Å². The Hall–Kier alpha value is -0.330. The molecule has 11 atom stereocenters. The lowest BCUT2D eigenvalue weighted by molar-refractivity contribution is -0.357. The number of carbonyl (C=O) groups is 1. The topological polar surface area (TPSA) is 17.1 Å². The highest BCUT2D eigenvalue weighted by Gasteiger charge is 2.80. The molecule has 0 aromatic rings. The first kappa shape index (κ1) is 11.2. The lowest BCUT2D eigenvalue weighted by Gasteiger charge is -2.84. The smallest absolute Gasteiger partial charge is 0.136 e. The van der Waals surface area contributed by atoms with Gasteiger partial charge in [0.1, 0.15) is 5.78 Å². The van der Waals surface area contributed by atoms with Gasteiger partial charge in [0.25, 0.3) is 0 Å². The first-order valence-corrected chi connectivity index (χ1v) is 9.64. The number of rotatable bonds is 1. The van der Waals surface area contributed by atoms with E-state index in [1.54, 1.807) is 19.3 Å². The fourth-order valence-electron chi connectivity index (χ4n) is 10.8. The Bertz CT molecular complexity index is 559. The van der Waals surface area contributed by atoms with Gasteiger partial charge in [0.2, 0.25) is 0 Å². The van der Waals surface area contributed by atoms with Crippen molar-refractivity contribution in [2.24, 2.45) is 64.1 Å². The van der Waals surface area contributed by atoms with Gasteiger partial charge in [-0.15, -0.1) is 0 Å². The molecule has 10 rings (SSSR count). The summed E-state index contributed by atoms with van der Waals surface area (Å²) in [5, 5.41) is 0. The van der Waals surface area contributed by atoms with Crippen LogP contribution in [0.15, 0.2) is 0 Å². The Labute approximate surface area is 127 Å². The maximum atomic E-state index is 12.6. The van der Waals surface area contributed by atoms with Crippen molar-refractivity contribution >= 4 is 5.78 Å². The zero-order valence-electron chi connectivity index (χ0n) is 13.1. The van der Waals surface area contributed by atoms with Crippen molar-refractivity contribution < 1.29 is 4.79 Å². The molecular formula is C20H26O. The molecule has 1 heteroatoms. The monoisotopic (exact) mass is 282 g/mol. The standard InChI is InChI=1S/C20H26O/c1-9(21)19-6-15-12-4-11-13-2-10-3-14(11)18(16(12)7-19)20(5-10,8-19)17(13)15/h10-18H,2-8H2,1H3/t10?,11?,12?,13-,14+,15+,16-,17+,18-,19?,20?. The second kappa shape index (κ2) is 2.89. The van der Waals surface area contributed by atoms with Crippen molar-refractivity contribution in [3.63, 3.8) is 0 Å². The summed E-state index contributed by atoms with van der Waals surface area (Å²) in [6.07, 6.45) is 10.2. The van der Waals surface area contributed by atoms with Gasteiger partial charge >= 0.3 is 0 Å². The first-order chi connectivity index (χ1) is 10.1. The van der Waals surface area contributed by atoms with E-state index in [4.69, 9.17) is 0 Å². The molecule has 0 aromatic carbocycles. The summed E-state index contributed by atoms with van der Waals surface area (Å²) in [4.78, 5) is 12.6. The van der Waals surface area contributed by atoms with Gasteiger partial charge in [-0.25, -0.2) is 0 Å². The molecule has 11 bridgehead atoms. The van der Waals surface area contributed by atoms with Gasteiger partial charge in [0.15, 0.2) is 0 Å². The Kier molecular flexibility index (Phi) is 1.55. The molecule has 0 aliphatic heterocycles. The maximum absolute atomic E-state index is 12.6. The number of ketones is 1. The zero-order chi connectivity index (χ0) is 13.7. The van der Waals surface area contributed by atoms with Crippen LogP contribution in [0.3, 0.4) is 0 Å². The SMILES string of the molecule is CC(=O)C12C[C@@H]3C4CC5[C@H]6CC7C[C@@H]5[C@H]3C(C7)(C1)[C@@H]6[C@H]4C2. The summed E-state index contributed by atoms with van der Waals surface area (Å²) in [5.41, 5.74) is 0.818. The van der Waals surface area contributed by atoms with Crippen LogP contribution in [0.4, 0.5) is 0 Å². The van der Waals surface area contributed by atoms with Crippen molar-refractivity contribution in [1.29, 1.82) is 0 Å². The summed E-state index contributed by atoms with van der Waals surface area (Å²) < 4.78 is 0. The van der Waals surface area contributed by atoms with Gasteiger partial charge in [-0.3, -0.25) is 4.79 Å². The number of hydrogen-bond donors (Lipinski definition) is 0. The molecule has 5 unspecified atom stereocenters. The van der Waals surface area contributed by atoms with E-state index < -0.39 is 0 Å². The summed E-state index contributed by atoms with van der Waals surface area (Å²) >= 11 is 0. The highest BCUT2D eigenvalue weighted by Crippen LogP contribution is 2.86. The second-order valence-corrected chi connectivity index (χ2v) is 10.5.